The molecule has 0 aliphatic heterocycles. The van der Waals surface area contributed by atoms with E-state index in [2.05, 4.69) is 40.0 Å². The van der Waals surface area contributed by atoms with Gasteiger partial charge in [0.1, 0.15) is 0 Å². The Labute approximate surface area is 96.5 Å². The number of azide groups is 1. The molecular weight excluding hydrogens is 200 g/mol. The van der Waals surface area contributed by atoms with E-state index in [4.69, 9.17) is 5.53 Å². The van der Waals surface area contributed by atoms with Crippen molar-refractivity contribution >= 4 is 5.69 Å². The van der Waals surface area contributed by atoms with Crippen molar-refractivity contribution in [3.05, 3.63) is 39.8 Å². The Morgan fingerprint density at radius 3 is 2.69 bits per heavy atom. The van der Waals surface area contributed by atoms with E-state index in [0.29, 0.717) is 0 Å². The van der Waals surface area contributed by atoms with Gasteiger partial charge < -0.3 is 4.90 Å². The van der Waals surface area contributed by atoms with Crippen molar-refractivity contribution in [2.24, 2.45) is 5.11 Å². The fraction of sp³-hybridized carbons (Fsp3) is 0.500. The molecule has 0 aliphatic carbocycles. The molecule has 0 aromatic heterocycles. The molecule has 0 heterocycles. The molecule has 0 amide bonds. The summed E-state index contributed by atoms with van der Waals surface area (Å²) in [7, 11) is 4.04. The van der Waals surface area contributed by atoms with Crippen LogP contribution in [0.5, 0.6) is 0 Å². The first kappa shape index (κ1) is 12.4. The molecule has 1 rings (SSSR count). The van der Waals surface area contributed by atoms with Crippen LogP contribution in [-0.4, -0.2) is 20.1 Å². The highest BCUT2D eigenvalue weighted by Crippen LogP contribution is 2.19. The zero-order valence-electron chi connectivity index (χ0n) is 10.3. The van der Waals surface area contributed by atoms with Crippen molar-refractivity contribution in [3.63, 3.8) is 0 Å². The van der Waals surface area contributed by atoms with E-state index < -0.39 is 0 Å². The smallest absolute Gasteiger partial charge is 0.0386 e. The Balaban J connectivity index is 2.94. The minimum absolute atomic E-state index is 0.00103. The van der Waals surface area contributed by atoms with Crippen LogP contribution in [-0.2, 0) is 6.42 Å². The van der Waals surface area contributed by atoms with Crippen LogP contribution >= 0.6 is 0 Å². The lowest BCUT2D eigenvalue weighted by Gasteiger charge is -2.16. The largest absolute Gasteiger partial charge is 0.378 e. The zero-order chi connectivity index (χ0) is 12.1. The van der Waals surface area contributed by atoms with Crippen LogP contribution in [0.1, 0.15) is 18.1 Å². The number of benzene rings is 1. The van der Waals surface area contributed by atoms with Crippen LogP contribution in [0.15, 0.2) is 23.3 Å². The molecule has 0 aliphatic rings. The molecule has 1 aromatic rings. The summed E-state index contributed by atoms with van der Waals surface area (Å²) in [5.74, 6) is 0. The predicted octanol–water partition coefficient (Wildman–Crippen LogP) is 3.30. The standard InChI is InChI=1S/C12H18N4/c1-9-5-6-12(16(3)4)8-11(9)7-10(2)14-15-13/h5-6,8,10H,7H2,1-4H3. The fourth-order valence-corrected chi connectivity index (χ4v) is 1.60. The monoisotopic (exact) mass is 218 g/mol. The SMILES string of the molecule is Cc1ccc(N(C)C)cc1CC(C)N=[N+]=[N-]. The van der Waals surface area contributed by atoms with Crippen LogP contribution in [0.4, 0.5) is 5.69 Å². The molecule has 0 bridgehead atoms. The summed E-state index contributed by atoms with van der Waals surface area (Å²) >= 11 is 0. The van der Waals surface area contributed by atoms with Crippen molar-refractivity contribution in [3.8, 4) is 0 Å². The highest BCUT2D eigenvalue weighted by Gasteiger charge is 2.06. The van der Waals surface area contributed by atoms with Gasteiger partial charge in [0.15, 0.2) is 0 Å². The van der Waals surface area contributed by atoms with E-state index in [1.54, 1.807) is 0 Å². The molecule has 0 saturated carbocycles. The molecule has 0 N–H and O–H groups in total. The zero-order valence-corrected chi connectivity index (χ0v) is 10.3. The average molecular weight is 218 g/mol. The Bertz CT molecular complexity index is 405. The maximum Gasteiger partial charge on any atom is 0.0386 e. The van der Waals surface area contributed by atoms with Gasteiger partial charge in [-0.05, 0) is 42.1 Å². The van der Waals surface area contributed by atoms with Crippen molar-refractivity contribution in [2.45, 2.75) is 26.3 Å². The second kappa shape index (κ2) is 5.42. The van der Waals surface area contributed by atoms with E-state index in [0.717, 1.165) is 6.42 Å². The van der Waals surface area contributed by atoms with Crippen LogP contribution in [0, 0.1) is 6.92 Å². The third-order valence-electron chi connectivity index (χ3n) is 2.61. The van der Waals surface area contributed by atoms with E-state index in [-0.39, 0.29) is 6.04 Å². The van der Waals surface area contributed by atoms with Gasteiger partial charge >= 0.3 is 0 Å². The molecule has 1 unspecified atom stereocenters. The maximum atomic E-state index is 8.38. The van der Waals surface area contributed by atoms with Gasteiger partial charge in [0.2, 0.25) is 0 Å². The molecule has 1 aromatic carbocycles. The normalized spacial score (nSPS) is 11.8. The first-order valence-electron chi connectivity index (χ1n) is 5.35. The van der Waals surface area contributed by atoms with Crippen LogP contribution in [0.25, 0.3) is 10.4 Å². The maximum absolute atomic E-state index is 8.38. The molecule has 0 fully saturated rings. The van der Waals surface area contributed by atoms with Gasteiger partial charge in [-0.1, -0.05) is 18.1 Å². The lowest BCUT2D eigenvalue weighted by Crippen LogP contribution is -2.10. The van der Waals surface area contributed by atoms with Crippen LogP contribution in [0.3, 0.4) is 0 Å². The van der Waals surface area contributed by atoms with Gasteiger partial charge in [-0.15, -0.1) is 0 Å². The second-order valence-corrected chi connectivity index (χ2v) is 4.26. The molecule has 4 heteroatoms. The van der Waals surface area contributed by atoms with Gasteiger partial charge in [-0.3, -0.25) is 0 Å². The van der Waals surface area contributed by atoms with Gasteiger partial charge in [0.05, 0.1) is 0 Å². The molecule has 4 nitrogen and oxygen atoms in total. The van der Waals surface area contributed by atoms with Gasteiger partial charge in [0.25, 0.3) is 0 Å². The summed E-state index contributed by atoms with van der Waals surface area (Å²) in [6, 6.07) is 6.35. The van der Waals surface area contributed by atoms with Crippen molar-refractivity contribution in [2.75, 3.05) is 19.0 Å². The molecule has 1 atom stereocenters. The number of rotatable bonds is 4. The number of nitrogens with zero attached hydrogens (tertiary/aromatic N) is 4. The number of aryl methyl sites for hydroxylation is 1. The van der Waals surface area contributed by atoms with E-state index in [9.17, 15) is 0 Å². The van der Waals surface area contributed by atoms with Crippen molar-refractivity contribution < 1.29 is 0 Å². The van der Waals surface area contributed by atoms with E-state index in [1.165, 1.54) is 16.8 Å². The molecule has 0 saturated heterocycles. The average Bonchev–Trinajstić information content (AvgIpc) is 2.21. The van der Waals surface area contributed by atoms with E-state index in [1.807, 2.05) is 21.0 Å². The highest BCUT2D eigenvalue weighted by molar-refractivity contribution is 5.49. The predicted molar refractivity (Wildman–Crippen MR) is 67.8 cm³/mol. The Hall–Kier alpha value is -1.67. The van der Waals surface area contributed by atoms with Crippen molar-refractivity contribution in [1.82, 2.24) is 0 Å². The molecule has 0 spiro atoms. The molecular formula is C12H18N4. The van der Waals surface area contributed by atoms with Gasteiger partial charge in [-0.25, -0.2) is 0 Å². The number of hydrogen-bond acceptors (Lipinski definition) is 2. The molecule has 86 valence electrons. The van der Waals surface area contributed by atoms with E-state index >= 15 is 0 Å². The van der Waals surface area contributed by atoms with Crippen LogP contribution in [0.2, 0.25) is 0 Å². The topological polar surface area (TPSA) is 52.0 Å². The summed E-state index contributed by atoms with van der Waals surface area (Å²) in [5.41, 5.74) is 12.0. The van der Waals surface area contributed by atoms with Gasteiger partial charge in [0, 0.05) is 30.7 Å². The Morgan fingerprint density at radius 1 is 1.44 bits per heavy atom. The summed E-state index contributed by atoms with van der Waals surface area (Å²) in [4.78, 5) is 4.90. The summed E-state index contributed by atoms with van der Waals surface area (Å²) < 4.78 is 0. The van der Waals surface area contributed by atoms with Crippen molar-refractivity contribution in [1.29, 1.82) is 0 Å². The lowest BCUT2D eigenvalue weighted by molar-refractivity contribution is 0.728. The minimum Gasteiger partial charge on any atom is -0.378 e. The minimum atomic E-state index is 0.00103. The first-order valence-corrected chi connectivity index (χ1v) is 5.35. The summed E-state index contributed by atoms with van der Waals surface area (Å²) in [6.07, 6.45) is 0.789. The fourth-order valence-electron chi connectivity index (χ4n) is 1.60. The van der Waals surface area contributed by atoms with Gasteiger partial charge in [-0.2, -0.15) is 0 Å². The number of anilines is 1. The molecule has 16 heavy (non-hydrogen) atoms. The second-order valence-electron chi connectivity index (χ2n) is 4.26. The number of hydrogen-bond donors (Lipinski definition) is 0. The third-order valence-corrected chi connectivity index (χ3v) is 2.61. The van der Waals surface area contributed by atoms with Crippen LogP contribution < -0.4 is 4.90 Å². The summed E-state index contributed by atoms with van der Waals surface area (Å²) in [5, 5.41) is 3.70. The first-order chi connectivity index (χ1) is 7.54. The Kier molecular flexibility index (Phi) is 4.20. The molecule has 0 radical (unpaired) electrons. The Morgan fingerprint density at radius 2 is 2.12 bits per heavy atom. The third kappa shape index (κ3) is 3.17. The summed E-state index contributed by atoms with van der Waals surface area (Å²) in [6.45, 7) is 4.01. The quantitative estimate of drug-likeness (QED) is 0.434. The lowest BCUT2D eigenvalue weighted by atomic mass is 10.0. The highest BCUT2D eigenvalue weighted by atomic mass is 15.1.